The molecule has 1 atom stereocenters. The molecule has 2 aliphatic heterocycles. The molecule has 4 rings (SSSR count). The van der Waals surface area contributed by atoms with Crippen LogP contribution >= 0.6 is 0 Å². The number of ketones is 1. The molecule has 0 bridgehead atoms. The number of nitrogens with one attached hydrogen (secondary N) is 1. The Balaban J connectivity index is 1.57. The maximum absolute atomic E-state index is 13.1. The second-order valence-electron chi connectivity index (χ2n) is 6.73. The quantitative estimate of drug-likeness (QED) is 0.636. The molecule has 0 spiro atoms. The topological polar surface area (TPSA) is 84.9 Å². The maximum atomic E-state index is 13.1. The van der Waals surface area contributed by atoms with Gasteiger partial charge in [0.2, 0.25) is 0 Å². The van der Waals surface area contributed by atoms with E-state index in [2.05, 4.69) is 5.32 Å². The monoisotopic (exact) mass is 380 g/mol. The van der Waals surface area contributed by atoms with E-state index in [1.165, 1.54) is 0 Å². The van der Waals surface area contributed by atoms with Gasteiger partial charge in [0, 0.05) is 5.56 Å². The smallest absolute Gasteiger partial charge is 0.325 e. The number of benzene rings is 2. The molecule has 0 radical (unpaired) electrons. The Morgan fingerprint density at radius 3 is 2.50 bits per heavy atom. The van der Waals surface area contributed by atoms with Gasteiger partial charge >= 0.3 is 6.03 Å². The molecule has 0 aliphatic carbocycles. The minimum Gasteiger partial charge on any atom is -0.486 e. The predicted molar refractivity (Wildman–Crippen MR) is 100 cm³/mol. The van der Waals surface area contributed by atoms with E-state index in [0.29, 0.717) is 42.3 Å². The van der Waals surface area contributed by atoms with E-state index in [9.17, 15) is 14.4 Å². The number of carbonyl (C=O) groups excluding carboxylic acids is 3. The van der Waals surface area contributed by atoms with Gasteiger partial charge in [-0.1, -0.05) is 37.3 Å². The largest absolute Gasteiger partial charge is 0.486 e. The highest BCUT2D eigenvalue weighted by Gasteiger charge is 2.51. The van der Waals surface area contributed by atoms with Crippen molar-refractivity contribution in [2.45, 2.75) is 18.9 Å². The molecule has 7 nitrogen and oxygen atoms in total. The molecule has 0 saturated carbocycles. The van der Waals surface area contributed by atoms with E-state index in [1.807, 2.05) is 25.1 Å². The summed E-state index contributed by atoms with van der Waals surface area (Å²) < 4.78 is 10.9. The molecule has 0 aromatic heterocycles. The number of urea groups is 1. The fraction of sp³-hybridized carbons (Fsp3) is 0.286. The van der Waals surface area contributed by atoms with Crippen molar-refractivity contribution in [2.24, 2.45) is 0 Å². The lowest BCUT2D eigenvalue weighted by Gasteiger charge is -2.25. The average molecular weight is 380 g/mol. The number of hydrogen-bond acceptors (Lipinski definition) is 5. The van der Waals surface area contributed by atoms with Crippen LogP contribution in [0.2, 0.25) is 0 Å². The number of hydrogen-bond donors (Lipinski definition) is 1. The number of rotatable bonds is 5. The zero-order chi connectivity index (χ0) is 19.7. The van der Waals surface area contributed by atoms with Gasteiger partial charge in [-0.05, 0) is 30.2 Å². The number of ether oxygens (including phenoxy) is 2. The van der Waals surface area contributed by atoms with Crippen molar-refractivity contribution in [3.8, 4) is 11.5 Å². The van der Waals surface area contributed by atoms with E-state index in [0.717, 1.165) is 4.90 Å². The van der Waals surface area contributed by atoms with Crippen molar-refractivity contribution < 1.29 is 23.9 Å². The first kappa shape index (κ1) is 18.0. The molecule has 2 aromatic carbocycles. The normalized spacial score (nSPS) is 20.8. The van der Waals surface area contributed by atoms with E-state index in [4.69, 9.17) is 9.47 Å². The lowest BCUT2D eigenvalue weighted by molar-refractivity contribution is -0.131. The maximum Gasteiger partial charge on any atom is 0.325 e. The van der Waals surface area contributed by atoms with Gasteiger partial charge in [-0.25, -0.2) is 4.79 Å². The summed E-state index contributed by atoms with van der Waals surface area (Å²) in [5.74, 6) is 0.297. The molecule has 0 unspecified atom stereocenters. The Kier molecular flexibility index (Phi) is 4.50. The third kappa shape index (κ3) is 2.89. The summed E-state index contributed by atoms with van der Waals surface area (Å²) >= 11 is 0. The Morgan fingerprint density at radius 1 is 1.07 bits per heavy atom. The molecule has 1 saturated heterocycles. The molecule has 7 heteroatoms. The van der Waals surface area contributed by atoms with Gasteiger partial charge < -0.3 is 14.8 Å². The summed E-state index contributed by atoms with van der Waals surface area (Å²) in [6, 6.07) is 13.4. The minimum absolute atomic E-state index is 0.334. The van der Waals surface area contributed by atoms with Crippen LogP contribution in [0.1, 0.15) is 29.3 Å². The molecule has 28 heavy (non-hydrogen) atoms. The summed E-state index contributed by atoms with van der Waals surface area (Å²) in [7, 11) is 0. The second kappa shape index (κ2) is 6.99. The summed E-state index contributed by atoms with van der Waals surface area (Å²) in [4.78, 5) is 39.4. The number of carbonyl (C=O) groups is 3. The first-order valence-corrected chi connectivity index (χ1v) is 9.17. The van der Waals surface area contributed by atoms with E-state index >= 15 is 0 Å². The molecule has 2 heterocycles. The van der Waals surface area contributed by atoms with Crippen molar-refractivity contribution in [2.75, 3.05) is 19.8 Å². The molecule has 1 fully saturated rings. The highest BCUT2D eigenvalue weighted by Crippen LogP contribution is 2.33. The fourth-order valence-electron chi connectivity index (χ4n) is 3.58. The van der Waals surface area contributed by atoms with Crippen LogP contribution < -0.4 is 14.8 Å². The lowest BCUT2D eigenvalue weighted by Crippen LogP contribution is -2.43. The Hall–Kier alpha value is -3.35. The zero-order valence-corrected chi connectivity index (χ0v) is 15.4. The van der Waals surface area contributed by atoms with Gasteiger partial charge in [-0.15, -0.1) is 0 Å². The first-order chi connectivity index (χ1) is 13.5. The van der Waals surface area contributed by atoms with Crippen LogP contribution in [-0.4, -0.2) is 42.4 Å². The van der Waals surface area contributed by atoms with E-state index in [-0.39, 0.29) is 12.3 Å². The molecule has 2 aromatic rings. The predicted octanol–water partition coefficient (Wildman–Crippen LogP) is 2.50. The highest BCUT2D eigenvalue weighted by molar-refractivity contribution is 6.11. The van der Waals surface area contributed by atoms with Gasteiger partial charge in [0.25, 0.3) is 5.91 Å². The molecule has 1 N–H and O–H groups in total. The summed E-state index contributed by atoms with van der Waals surface area (Å²) in [5, 5.41) is 2.78. The number of amides is 3. The number of fused-ring (bicyclic) bond motifs is 1. The minimum atomic E-state index is -1.15. The summed E-state index contributed by atoms with van der Waals surface area (Å²) in [6.45, 7) is 2.37. The van der Waals surface area contributed by atoms with Crippen LogP contribution in [0.4, 0.5) is 4.79 Å². The molecule has 144 valence electrons. The van der Waals surface area contributed by atoms with Gasteiger partial charge in [0.05, 0.1) is 6.54 Å². The van der Waals surface area contributed by atoms with Crippen LogP contribution in [-0.2, 0) is 10.3 Å². The van der Waals surface area contributed by atoms with Crippen molar-refractivity contribution in [1.29, 1.82) is 0 Å². The number of imide groups is 1. The third-order valence-electron chi connectivity index (χ3n) is 5.14. The van der Waals surface area contributed by atoms with Gasteiger partial charge in [0.15, 0.2) is 17.3 Å². The Bertz CT molecular complexity index is 943. The number of nitrogens with zero attached hydrogens (tertiary/aromatic N) is 1. The summed E-state index contributed by atoms with van der Waals surface area (Å²) in [5.41, 5.74) is -0.0884. The third-order valence-corrected chi connectivity index (χ3v) is 5.14. The number of Topliss-reactive ketones (excluding diaryl/α,β-unsaturated/α-hetero) is 1. The zero-order valence-electron chi connectivity index (χ0n) is 15.4. The Morgan fingerprint density at radius 2 is 1.79 bits per heavy atom. The van der Waals surface area contributed by atoms with Crippen molar-refractivity contribution in [3.63, 3.8) is 0 Å². The van der Waals surface area contributed by atoms with Gasteiger partial charge in [-0.3, -0.25) is 14.5 Å². The highest BCUT2D eigenvalue weighted by atomic mass is 16.6. The van der Waals surface area contributed by atoms with Crippen LogP contribution in [0.25, 0.3) is 0 Å². The molecular weight excluding hydrogens is 360 g/mol. The lowest BCUT2D eigenvalue weighted by atomic mass is 9.87. The standard InChI is InChI=1S/C21H20N2O5/c1-2-21(15-6-4-3-5-7-15)19(25)23(20(26)22-21)13-16(24)14-8-9-17-18(12-14)28-11-10-27-17/h3-9,12H,2,10-11,13H2,1H3,(H,22,26)/t21-/m0/s1. The van der Waals surface area contributed by atoms with Crippen LogP contribution in [0.3, 0.4) is 0 Å². The van der Waals surface area contributed by atoms with Gasteiger partial charge in [-0.2, -0.15) is 0 Å². The van der Waals surface area contributed by atoms with Gasteiger partial charge in [0.1, 0.15) is 18.8 Å². The summed E-state index contributed by atoms with van der Waals surface area (Å²) in [6.07, 6.45) is 0.385. The fourth-order valence-corrected chi connectivity index (χ4v) is 3.58. The molecular formula is C21H20N2O5. The van der Waals surface area contributed by atoms with Crippen molar-refractivity contribution in [3.05, 3.63) is 59.7 Å². The van der Waals surface area contributed by atoms with E-state index < -0.39 is 17.5 Å². The van der Waals surface area contributed by atoms with Crippen LogP contribution in [0.5, 0.6) is 11.5 Å². The molecule has 2 aliphatic rings. The second-order valence-corrected chi connectivity index (χ2v) is 6.73. The van der Waals surface area contributed by atoms with Crippen molar-refractivity contribution in [1.82, 2.24) is 10.2 Å². The van der Waals surface area contributed by atoms with Crippen LogP contribution in [0.15, 0.2) is 48.5 Å². The van der Waals surface area contributed by atoms with Crippen LogP contribution in [0, 0.1) is 0 Å². The van der Waals surface area contributed by atoms with Crippen molar-refractivity contribution >= 4 is 17.7 Å². The van der Waals surface area contributed by atoms with E-state index in [1.54, 1.807) is 30.3 Å². The SMILES string of the molecule is CC[C@@]1(c2ccccc2)NC(=O)N(CC(=O)c2ccc3c(c2)OCCO3)C1=O. The molecule has 3 amide bonds. The Labute approximate surface area is 162 Å². The average Bonchev–Trinajstić information content (AvgIpc) is 2.99. The first-order valence-electron chi connectivity index (χ1n) is 9.17.